The molecule has 1 fully saturated rings. The molecule has 8 nitrogen and oxygen atoms in total. The van der Waals surface area contributed by atoms with Gasteiger partial charge in [0.05, 0.1) is 6.54 Å². The molecular weight excluding hydrogens is 378 g/mol. The van der Waals surface area contributed by atoms with E-state index in [2.05, 4.69) is 35.4 Å². The molecule has 1 aromatic carbocycles. The normalized spacial score (nSPS) is 17.4. The summed E-state index contributed by atoms with van der Waals surface area (Å²) in [5.41, 5.74) is -0.135. The van der Waals surface area contributed by atoms with Crippen LogP contribution in [-0.4, -0.2) is 78.3 Å². The van der Waals surface area contributed by atoms with E-state index in [1.165, 1.54) is 0 Å². The Kier molecular flexibility index (Phi) is 7.98. The molecule has 30 heavy (non-hydrogen) atoms. The maximum absolute atomic E-state index is 10.8. The van der Waals surface area contributed by atoms with Gasteiger partial charge in [0.2, 0.25) is 5.95 Å². The SMILES string of the molecule is CCNC(=NCC(C)(O)c1ccccc1)NCCN1CCN(c2ncccn2)CC1. The fourth-order valence-corrected chi connectivity index (χ4v) is 3.42. The van der Waals surface area contributed by atoms with E-state index < -0.39 is 5.60 Å². The molecule has 0 aliphatic carbocycles. The number of piperazine rings is 1. The fraction of sp³-hybridized carbons (Fsp3) is 0.500. The van der Waals surface area contributed by atoms with Crippen LogP contribution in [0, 0.1) is 0 Å². The minimum atomic E-state index is -1.00. The third kappa shape index (κ3) is 6.40. The zero-order chi connectivity index (χ0) is 21.2. The number of anilines is 1. The summed E-state index contributed by atoms with van der Waals surface area (Å²) in [5.74, 6) is 1.53. The van der Waals surface area contributed by atoms with Crippen molar-refractivity contribution in [1.82, 2.24) is 25.5 Å². The Balaban J connectivity index is 1.44. The van der Waals surface area contributed by atoms with Gasteiger partial charge in [0.15, 0.2) is 5.96 Å². The molecule has 1 saturated heterocycles. The summed E-state index contributed by atoms with van der Waals surface area (Å²) >= 11 is 0. The number of aliphatic imine (C=N–C) groups is 1. The molecule has 1 aliphatic heterocycles. The van der Waals surface area contributed by atoms with E-state index in [4.69, 9.17) is 0 Å². The minimum absolute atomic E-state index is 0.294. The second kappa shape index (κ2) is 10.9. The first-order chi connectivity index (χ1) is 14.6. The van der Waals surface area contributed by atoms with Gasteiger partial charge in [-0.15, -0.1) is 0 Å². The first-order valence-electron chi connectivity index (χ1n) is 10.6. The summed E-state index contributed by atoms with van der Waals surface area (Å²) in [6.45, 7) is 10.5. The van der Waals surface area contributed by atoms with Crippen molar-refractivity contribution in [3.63, 3.8) is 0 Å². The molecule has 2 heterocycles. The topological polar surface area (TPSA) is 88.9 Å². The van der Waals surface area contributed by atoms with Crippen molar-refractivity contribution in [1.29, 1.82) is 0 Å². The van der Waals surface area contributed by atoms with Crippen LogP contribution in [0.25, 0.3) is 0 Å². The molecule has 1 unspecified atom stereocenters. The van der Waals surface area contributed by atoms with Crippen molar-refractivity contribution in [3.05, 3.63) is 54.4 Å². The summed E-state index contributed by atoms with van der Waals surface area (Å²) in [6.07, 6.45) is 3.57. The summed E-state index contributed by atoms with van der Waals surface area (Å²) in [4.78, 5) is 17.9. The average molecular weight is 412 g/mol. The number of guanidine groups is 1. The molecule has 1 atom stereocenters. The van der Waals surface area contributed by atoms with Crippen molar-refractivity contribution >= 4 is 11.9 Å². The first kappa shape index (κ1) is 22.0. The Morgan fingerprint density at radius 3 is 2.43 bits per heavy atom. The number of nitrogens with zero attached hydrogens (tertiary/aromatic N) is 5. The molecule has 3 N–H and O–H groups in total. The van der Waals surface area contributed by atoms with E-state index in [9.17, 15) is 5.11 Å². The highest BCUT2D eigenvalue weighted by Crippen LogP contribution is 2.20. The standard InChI is InChI=1S/C22H33N7O/c1-3-23-20(27-18-22(2,30)19-8-5-4-6-9-19)24-12-13-28-14-16-29(17-15-28)21-25-10-7-11-26-21/h4-11,30H,3,12-18H2,1-2H3,(H2,23,24,27). The van der Waals surface area contributed by atoms with Crippen LogP contribution in [0.2, 0.25) is 0 Å². The summed E-state index contributed by atoms with van der Waals surface area (Å²) in [6, 6.07) is 11.5. The van der Waals surface area contributed by atoms with E-state index >= 15 is 0 Å². The van der Waals surface area contributed by atoms with Crippen molar-refractivity contribution in [2.24, 2.45) is 4.99 Å². The van der Waals surface area contributed by atoms with Crippen molar-refractivity contribution in [2.45, 2.75) is 19.4 Å². The lowest BCUT2D eigenvalue weighted by atomic mass is 9.96. The van der Waals surface area contributed by atoms with Crippen LogP contribution < -0.4 is 15.5 Å². The molecule has 0 saturated carbocycles. The molecule has 3 rings (SSSR count). The number of hydrogen-bond acceptors (Lipinski definition) is 6. The van der Waals surface area contributed by atoms with Gasteiger partial charge >= 0.3 is 0 Å². The van der Waals surface area contributed by atoms with Crippen LogP contribution in [0.3, 0.4) is 0 Å². The van der Waals surface area contributed by atoms with E-state index in [1.54, 1.807) is 19.3 Å². The van der Waals surface area contributed by atoms with Crippen LogP contribution in [0.1, 0.15) is 19.4 Å². The highest BCUT2D eigenvalue weighted by atomic mass is 16.3. The number of nitrogens with one attached hydrogen (secondary N) is 2. The molecule has 8 heteroatoms. The lowest BCUT2D eigenvalue weighted by molar-refractivity contribution is 0.0672. The monoisotopic (exact) mass is 411 g/mol. The number of aliphatic hydroxyl groups is 1. The smallest absolute Gasteiger partial charge is 0.225 e. The molecule has 0 radical (unpaired) electrons. The lowest BCUT2D eigenvalue weighted by Gasteiger charge is -2.34. The van der Waals surface area contributed by atoms with Crippen LogP contribution in [0.5, 0.6) is 0 Å². The summed E-state index contributed by atoms with van der Waals surface area (Å²) in [5, 5.41) is 17.4. The summed E-state index contributed by atoms with van der Waals surface area (Å²) < 4.78 is 0. The van der Waals surface area contributed by atoms with Crippen LogP contribution in [0.15, 0.2) is 53.8 Å². The molecule has 0 bridgehead atoms. The van der Waals surface area contributed by atoms with Crippen molar-refractivity contribution < 1.29 is 5.11 Å². The van der Waals surface area contributed by atoms with Gasteiger partial charge in [-0.3, -0.25) is 4.90 Å². The molecule has 0 spiro atoms. The average Bonchev–Trinajstić information content (AvgIpc) is 2.79. The van der Waals surface area contributed by atoms with Gasteiger partial charge in [-0.05, 0) is 25.5 Å². The third-order valence-electron chi connectivity index (χ3n) is 5.21. The molecule has 162 valence electrons. The van der Waals surface area contributed by atoms with Gasteiger partial charge in [-0.1, -0.05) is 30.3 Å². The van der Waals surface area contributed by atoms with Crippen molar-refractivity contribution in [3.8, 4) is 0 Å². The zero-order valence-corrected chi connectivity index (χ0v) is 18.0. The highest BCUT2D eigenvalue weighted by Gasteiger charge is 2.22. The quantitative estimate of drug-likeness (QED) is 0.442. The molecule has 0 amide bonds. The molecule has 1 aliphatic rings. The van der Waals surface area contributed by atoms with Gasteiger partial charge in [-0.25, -0.2) is 15.0 Å². The van der Waals surface area contributed by atoms with E-state index in [-0.39, 0.29) is 0 Å². The molecule has 2 aromatic rings. The number of aromatic nitrogens is 2. The molecule has 1 aromatic heterocycles. The van der Waals surface area contributed by atoms with E-state index in [0.717, 1.165) is 63.3 Å². The minimum Gasteiger partial charge on any atom is -0.384 e. The van der Waals surface area contributed by atoms with Gasteiger partial charge in [0, 0.05) is 58.2 Å². The second-order valence-corrected chi connectivity index (χ2v) is 7.64. The van der Waals surface area contributed by atoms with Gasteiger partial charge in [0.1, 0.15) is 5.60 Å². The van der Waals surface area contributed by atoms with E-state index in [1.807, 2.05) is 43.3 Å². The Labute approximate surface area is 179 Å². The Hall–Kier alpha value is -2.71. The van der Waals surface area contributed by atoms with Gasteiger partial charge < -0.3 is 20.6 Å². The Morgan fingerprint density at radius 2 is 1.77 bits per heavy atom. The summed E-state index contributed by atoms with van der Waals surface area (Å²) in [7, 11) is 0. The van der Waals surface area contributed by atoms with Crippen LogP contribution >= 0.6 is 0 Å². The maximum Gasteiger partial charge on any atom is 0.225 e. The number of rotatable bonds is 8. The Morgan fingerprint density at radius 1 is 1.07 bits per heavy atom. The highest BCUT2D eigenvalue weighted by molar-refractivity contribution is 5.79. The molecular formula is C22H33N7O. The predicted molar refractivity (Wildman–Crippen MR) is 121 cm³/mol. The largest absolute Gasteiger partial charge is 0.384 e. The fourth-order valence-electron chi connectivity index (χ4n) is 3.42. The van der Waals surface area contributed by atoms with Crippen LogP contribution in [-0.2, 0) is 5.60 Å². The number of benzene rings is 1. The maximum atomic E-state index is 10.8. The van der Waals surface area contributed by atoms with E-state index in [0.29, 0.717) is 6.54 Å². The lowest BCUT2D eigenvalue weighted by Crippen LogP contribution is -2.49. The zero-order valence-electron chi connectivity index (χ0n) is 18.0. The van der Waals surface area contributed by atoms with Gasteiger partial charge in [0.25, 0.3) is 0 Å². The second-order valence-electron chi connectivity index (χ2n) is 7.64. The first-order valence-corrected chi connectivity index (χ1v) is 10.6. The van der Waals surface area contributed by atoms with Crippen molar-refractivity contribution in [2.75, 3.05) is 57.3 Å². The van der Waals surface area contributed by atoms with Gasteiger partial charge in [-0.2, -0.15) is 0 Å². The predicted octanol–water partition coefficient (Wildman–Crippen LogP) is 1.06. The third-order valence-corrected chi connectivity index (χ3v) is 5.21. The Bertz CT molecular complexity index is 775. The van der Waals surface area contributed by atoms with Crippen LogP contribution in [0.4, 0.5) is 5.95 Å². The number of hydrogen-bond donors (Lipinski definition) is 3.